The van der Waals surface area contributed by atoms with Crippen molar-refractivity contribution in [2.75, 3.05) is 18.5 Å². The van der Waals surface area contributed by atoms with Crippen molar-refractivity contribution in [2.45, 2.75) is 6.92 Å². The van der Waals surface area contributed by atoms with Crippen molar-refractivity contribution in [3.63, 3.8) is 0 Å². The highest BCUT2D eigenvalue weighted by molar-refractivity contribution is 9.10. The van der Waals surface area contributed by atoms with Crippen LogP contribution in [-0.2, 0) is 4.79 Å². The quantitative estimate of drug-likeness (QED) is 0.321. The molecule has 0 aliphatic heterocycles. The number of nitriles is 1. The predicted octanol–water partition coefficient (Wildman–Crippen LogP) is 5.17. The summed E-state index contributed by atoms with van der Waals surface area (Å²) >= 11 is 6.76. The van der Waals surface area contributed by atoms with Gasteiger partial charge in [0.25, 0.3) is 5.91 Å². The van der Waals surface area contributed by atoms with Crippen LogP contribution < -0.4 is 14.8 Å². The van der Waals surface area contributed by atoms with Gasteiger partial charge in [-0.3, -0.25) is 4.79 Å². The second-order valence-electron chi connectivity index (χ2n) is 5.38. The summed E-state index contributed by atoms with van der Waals surface area (Å²) in [7, 11) is 0. The van der Waals surface area contributed by atoms with Gasteiger partial charge < -0.3 is 14.8 Å². The zero-order valence-electron chi connectivity index (χ0n) is 15.0. The molecule has 0 aliphatic carbocycles. The molecule has 2 aromatic rings. The van der Waals surface area contributed by atoms with E-state index in [1.807, 2.05) is 13.0 Å². The van der Waals surface area contributed by atoms with E-state index in [4.69, 9.17) is 15.9 Å². The molecule has 0 aromatic heterocycles. The summed E-state index contributed by atoms with van der Waals surface area (Å²) in [5.41, 5.74) is 1.13. The molecule has 142 valence electrons. The molecule has 2 aromatic carbocycles. The lowest BCUT2D eigenvalue weighted by Crippen LogP contribution is -2.13. The Hall–Kier alpha value is -2.74. The maximum absolute atomic E-state index is 12.5. The van der Waals surface area contributed by atoms with Gasteiger partial charge in [0, 0.05) is 14.6 Å². The molecule has 0 aliphatic rings. The molecule has 0 radical (unpaired) electrons. The van der Waals surface area contributed by atoms with Crippen molar-refractivity contribution in [3.05, 3.63) is 56.5 Å². The number of terminal acetylenes is 1. The van der Waals surface area contributed by atoms with Gasteiger partial charge in [-0.05, 0) is 55.0 Å². The second-order valence-corrected chi connectivity index (χ2v) is 7.15. The Bertz CT molecular complexity index is 971. The summed E-state index contributed by atoms with van der Waals surface area (Å²) in [5.74, 6) is 2.83. The van der Waals surface area contributed by atoms with Gasteiger partial charge in [0.15, 0.2) is 11.5 Å². The highest BCUT2D eigenvalue weighted by atomic mass is 79.9. The van der Waals surface area contributed by atoms with Crippen LogP contribution in [0.5, 0.6) is 11.5 Å². The van der Waals surface area contributed by atoms with E-state index in [9.17, 15) is 10.1 Å². The van der Waals surface area contributed by atoms with E-state index >= 15 is 0 Å². The van der Waals surface area contributed by atoms with E-state index in [0.717, 1.165) is 4.47 Å². The Kier molecular flexibility index (Phi) is 8.13. The van der Waals surface area contributed by atoms with Crippen molar-refractivity contribution >= 4 is 49.5 Å². The van der Waals surface area contributed by atoms with Gasteiger partial charge in [-0.25, -0.2) is 0 Å². The van der Waals surface area contributed by atoms with Crippen molar-refractivity contribution < 1.29 is 14.3 Å². The van der Waals surface area contributed by atoms with Gasteiger partial charge in [0.1, 0.15) is 18.2 Å². The highest BCUT2D eigenvalue weighted by Gasteiger charge is 2.14. The van der Waals surface area contributed by atoms with Crippen LogP contribution in [0.15, 0.2) is 50.9 Å². The summed E-state index contributed by atoms with van der Waals surface area (Å²) in [6.45, 7) is 2.36. The molecule has 0 saturated heterocycles. The molecule has 0 spiro atoms. The first kappa shape index (κ1) is 21.6. The molecule has 7 heteroatoms. The van der Waals surface area contributed by atoms with Crippen LogP contribution >= 0.6 is 31.9 Å². The molecule has 0 atom stereocenters. The third kappa shape index (κ3) is 5.88. The van der Waals surface area contributed by atoms with E-state index in [1.54, 1.807) is 36.4 Å². The lowest BCUT2D eigenvalue weighted by atomic mass is 10.1. The minimum atomic E-state index is -0.512. The molecule has 0 saturated carbocycles. The van der Waals surface area contributed by atoms with Crippen LogP contribution in [0.25, 0.3) is 6.08 Å². The number of nitrogens with one attached hydrogen (secondary N) is 1. The number of nitrogens with zero attached hydrogens (tertiary/aromatic N) is 1. The Labute approximate surface area is 180 Å². The second kappa shape index (κ2) is 10.6. The summed E-state index contributed by atoms with van der Waals surface area (Å²) in [6, 6.07) is 12.4. The third-order valence-corrected chi connectivity index (χ3v) is 4.66. The van der Waals surface area contributed by atoms with Gasteiger partial charge in [0.2, 0.25) is 0 Å². The summed E-state index contributed by atoms with van der Waals surface area (Å²) in [4.78, 5) is 12.5. The summed E-state index contributed by atoms with van der Waals surface area (Å²) in [6.07, 6.45) is 6.71. The highest BCUT2D eigenvalue weighted by Crippen LogP contribution is 2.35. The predicted molar refractivity (Wildman–Crippen MR) is 116 cm³/mol. The first-order chi connectivity index (χ1) is 13.5. The summed E-state index contributed by atoms with van der Waals surface area (Å²) < 4.78 is 12.6. The Morgan fingerprint density at radius 1 is 1.21 bits per heavy atom. The normalized spacial score (nSPS) is 10.5. The van der Waals surface area contributed by atoms with Gasteiger partial charge in [-0.2, -0.15) is 5.26 Å². The topological polar surface area (TPSA) is 71.3 Å². The number of ether oxygens (including phenoxy) is 2. The van der Waals surface area contributed by atoms with Crippen molar-refractivity contribution in [1.82, 2.24) is 0 Å². The number of carbonyl (C=O) groups is 1. The Morgan fingerprint density at radius 2 is 1.89 bits per heavy atom. The smallest absolute Gasteiger partial charge is 0.266 e. The fourth-order valence-corrected chi connectivity index (χ4v) is 2.90. The molecule has 0 bridgehead atoms. The number of hydrogen-bond donors (Lipinski definition) is 1. The van der Waals surface area contributed by atoms with Crippen LogP contribution in [0.1, 0.15) is 12.5 Å². The number of hydrogen-bond acceptors (Lipinski definition) is 4. The van der Waals surface area contributed by atoms with Crippen LogP contribution in [0.2, 0.25) is 0 Å². The van der Waals surface area contributed by atoms with Gasteiger partial charge >= 0.3 is 0 Å². The third-order valence-electron chi connectivity index (χ3n) is 3.44. The molecular formula is C21H16Br2N2O3. The Morgan fingerprint density at radius 3 is 2.50 bits per heavy atom. The molecule has 0 unspecified atom stereocenters. The number of benzene rings is 2. The maximum atomic E-state index is 12.5. The van der Waals surface area contributed by atoms with Crippen molar-refractivity contribution in [1.29, 1.82) is 5.26 Å². The zero-order chi connectivity index (χ0) is 20.5. The van der Waals surface area contributed by atoms with E-state index in [0.29, 0.717) is 33.8 Å². The number of halogens is 2. The van der Waals surface area contributed by atoms with Crippen molar-refractivity contribution in [3.8, 4) is 29.9 Å². The maximum Gasteiger partial charge on any atom is 0.266 e. The number of rotatable bonds is 7. The van der Waals surface area contributed by atoms with Gasteiger partial charge in [-0.15, -0.1) is 6.42 Å². The molecule has 1 N–H and O–H groups in total. The van der Waals surface area contributed by atoms with E-state index in [1.165, 1.54) is 6.08 Å². The minimum Gasteiger partial charge on any atom is -0.490 e. The molecule has 0 fully saturated rings. The fourth-order valence-electron chi connectivity index (χ4n) is 2.20. The van der Waals surface area contributed by atoms with Crippen LogP contribution in [0.3, 0.4) is 0 Å². The molecular weight excluding hydrogens is 488 g/mol. The van der Waals surface area contributed by atoms with E-state index in [2.05, 4.69) is 43.1 Å². The lowest BCUT2D eigenvalue weighted by molar-refractivity contribution is -0.112. The van der Waals surface area contributed by atoms with Crippen LogP contribution in [-0.4, -0.2) is 19.1 Å². The number of anilines is 1. The summed E-state index contributed by atoms with van der Waals surface area (Å²) in [5, 5.41) is 12.1. The van der Waals surface area contributed by atoms with E-state index in [-0.39, 0.29) is 12.2 Å². The average molecular weight is 504 g/mol. The molecule has 5 nitrogen and oxygen atoms in total. The minimum absolute atomic E-state index is 0.0524. The average Bonchev–Trinajstić information content (AvgIpc) is 2.68. The number of carbonyl (C=O) groups excluding carboxylic acids is 1. The first-order valence-corrected chi connectivity index (χ1v) is 9.78. The number of amides is 1. The SMILES string of the molecule is C#CCOc1cc(Br)c(/C=C(\C#N)C(=O)Nc2ccc(Br)cc2)cc1OCC. The standard InChI is InChI=1S/C21H16Br2N2O3/c1-3-9-28-20-12-18(23)14(11-19(20)27-4-2)10-15(13-24)21(26)25-17-7-5-16(22)6-8-17/h1,5-8,10-12H,4,9H2,2H3,(H,25,26)/b15-10+. The largest absolute Gasteiger partial charge is 0.490 e. The Balaban J connectivity index is 2.32. The lowest BCUT2D eigenvalue weighted by Gasteiger charge is -2.13. The van der Waals surface area contributed by atoms with Crippen molar-refractivity contribution in [2.24, 2.45) is 0 Å². The first-order valence-electron chi connectivity index (χ1n) is 8.19. The van der Waals surface area contributed by atoms with Gasteiger partial charge in [0.05, 0.1) is 6.61 Å². The van der Waals surface area contributed by atoms with Crippen LogP contribution in [0, 0.1) is 23.7 Å². The van der Waals surface area contributed by atoms with Gasteiger partial charge in [-0.1, -0.05) is 37.8 Å². The van der Waals surface area contributed by atoms with E-state index < -0.39 is 5.91 Å². The molecule has 28 heavy (non-hydrogen) atoms. The fraction of sp³-hybridized carbons (Fsp3) is 0.143. The monoisotopic (exact) mass is 502 g/mol. The zero-order valence-corrected chi connectivity index (χ0v) is 18.1. The van der Waals surface area contributed by atoms with Crippen LogP contribution in [0.4, 0.5) is 5.69 Å². The molecule has 2 rings (SSSR count). The molecule has 0 heterocycles. The molecule has 1 amide bonds.